The molecule has 1 unspecified atom stereocenters. The summed E-state index contributed by atoms with van der Waals surface area (Å²) in [5, 5.41) is 13.2. The molecule has 6 nitrogen and oxygen atoms in total. The van der Waals surface area contributed by atoms with E-state index in [1.165, 1.54) is 13.3 Å². The molecular weight excluding hydrogens is 412 g/mol. The number of alkyl halides is 1. The lowest BCUT2D eigenvalue weighted by molar-refractivity contribution is 0.120. The van der Waals surface area contributed by atoms with Gasteiger partial charge in [-0.3, -0.25) is 4.98 Å². The monoisotopic (exact) mass is 435 g/mol. The van der Waals surface area contributed by atoms with Gasteiger partial charge in [0, 0.05) is 34.2 Å². The molecule has 3 aromatic heterocycles. The van der Waals surface area contributed by atoms with Gasteiger partial charge in [0.15, 0.2) is 6.30 Å². The second-order valence-electron chi connectivity index (χ2n) is 8.22. The van der Waals surface area contributed by atoms with Crippen LogP contribution in [0.5, 0.6) is 5.88 Å². The van der Waals surface area contributed by atoms with Gasteiger partial charge in [0.25, 0.3) is 0 Å². The van der Waals surface area contributed by atoms with Crippen molar-refractivity contribution < 1.29 is 13.5 Å². The summed E-state index contributed by atoms with van der Waals surface area (Å²) in [5.74, 6) is -0.442. The molecule has 0 spiro atoms. The van der Waals surface area contributed by atoms with Crippen molar-refractivity contribution in [2.75, 3.05) is 7.11 Å². The third-order valence-corrected chi connectivity index (χ3v) is 6.13. The zero-order valence-electron chi connectivity index (χ0n) is 17.9. The fraction of sp³-hybridized carbons (Fsp3) is 0.333. The molecule has 1 aliphatic rings. The number of halogens is 2. The van der Waals surface area contributed by atoms with Crippen molar-refractivity contribution in [2.24, 2.45) is 5.92 Å². The van der Waals surface area contributed by atoms with E-state index in [9.17, 15) is 4.39 Å². The van der Waals surface area contributed by atoms with E-state index in [0.29, 0.717) is 22.7 Å². The minimum atomic E-state index is -1.46. The van der Waals surface area contributed by atoms with E-state index in [2.05, 4.69) is 20.3 Å². The van der Waals surface area contributed by atoms with Crippen LogP contribution < -0.4 is 4.74 Å². The molecular formula is C24H23F2N5O. The van der Waals surface area contributed by atoms with Crippen molar-refractivity contribution in [3.05, 3.63) is 54.2 Å². The maximum atomic E-state index is 15.4. The molecule has 0 radical (unpaired) electrons. The zero-order chi connectivity index (χ0) is 22.2. The van der Waals surface area contributed by atoms with Crippen LogP contribution in [0.15, 0.2) is 42.6 Å². The Hall–Kier alpha value is -3.42. The molecule has 0 amide bonds. The summed E-state index contributed by atoms with van der Waals surface area (Å²) in [7, 11) is 1.54. The maximum absolute atomic E-state index is 15.4. The Morgan fingerprint density at radius 3 is 2.66 bits per heavy atom. The first-order valence-electron chi connectivity index (χ1n) is 10.7. The van der Waals surface area contributed by atoms with E-state index in [-0.39, 0.29) is 11.5 Å². The molecule has 1 saturated carbocycles. The van der Waals surface area contributed by atoms with Crippen molar-refractivity contribution in [3.8, 4) is 28.3 Å². The summed E-state index contributed by atoms with van der Waals surface area (Å²) in [6.07, 6.45) is 3.40. The van der Waals surface area contributed by atoms with Crippen LogP contribution in [0.3, 0.4) is 0 Å². The number of ether oxygens (including phenoxy) is 1. The van der Waals surface area contributed by atoms with Gasteiger partial charge in [0.05, 0.1) is 30.1 Å². The van der Waals surface area contributed by atoms with E-state index in [4.69, 9.17) is 4.74 Å². The van der Waals surface area contributed by atoms with Gasteiger partial charge < -0.3 is 4.74 Å². The Kier molecular flexibility index (Phi) is 5.28. The third kappa shape index (κ3) is 3.59. The molecule has 0 bridgehead atoms. The minimum absolute atomic E-state index is 0.191. The highest BCUT2D eigenvalue weighted by atomic mass is 19.1. The molecule has 1 fully saturated rings. The summed E-state index contributed by atoms with van der Waals surface area (Å²) in [6, 6.07) is 11.1. The molecule has 1 atom stereocenters. The lowest BCUT2D eigenvalue weighted by Gasteiger charge is -2.16. The average Bonchev–Trinajstić information content (AvgIpc) is 3.48. The predicted octanol–water partition coefficient (Wildman–Crippen LogP) is 5.67. The molecule has 0 N–H and O–H groups in total. The number of aryl methyl sites for hydroxylation is 1. The molecule has 3 heterocycles. The standard InChI is InChI=1S/C24H23F2N5O/c1-14-7-10-18(19-13-27-31(24(19)26)23(25)15-5-3-4-6-15)22(28-14)17-9-8-16-12-21(32-2)30-29-20(16)11-17/h7-13,15,23H,3-6H2,1-2H3. The first-order chi connectivity index (χ1) is 15.5. The predicted molar refractivity (Wildman–Crippen MR) is 117 cm³/mol. The summed E-state index contributed by atoms with van der Waals surface area (Å²) in [4.78, 5) is 4.66. The molecule has 0 aliphatic heterocycles. The Balaban J connectivity index is 1.58. The van der Waals surface area contributed by atoms with Gasteiger partial charge in [-0.1, -0.05) is 31.0 Å². The highest BCUT2D eigenvalue weighted by Crippen LogP contribution is 2.38. The molecule has 8 heteroatoms. The summed E-state index contributed by atoms with van der Waals surface area (Å²) >= 11 is 0. The van der Waals surface area contributed by atoms with Gasteiger partial charge in [-0.05, 0) is 31.9 Å². The van der Waals surface area contributed by atoms with Crippen LogP contribution in [-0.2, 0) is 0 Å². The van der Waals surface area contributed by atoms with E-state index in [1.807, 2.05) is 31.2 Å². The van der Waals surface area contributed by atoms with Crippen molar-refractivity contribution >= 4 is 10.9 Å². The van der Waals surface area contributed by atoms with Crippen LogP contribution in [-0.4, -0.2) is 32.1 Å². The van der Waals surface area contributed by atoms with Gasteiger partial charge in [0.2, 0.25) is 11.8 Å². The molecule has 0 saturated heterocycles. The largest absolute Gasteiger partial charge is 0.480 e. The molecule has 4 aromatic rings. The van der Waals surface area contributed by atoms with Crippen molar-refractivity contribution in [1.29, 1.82) is 0 Å². The zero-order valence-corrected chi connectivity index (χ0v) is 17.9. The summed E-state index contributed by atoms with van der Waals surface area (Å²) in [5.41, 5.74) is 3.58. The topological polar surface area (TPSA) is 65.7 Å². The van der Waals surface area contributed by atoms with Crippen LogP contribution in [0.1, 0.15) is 37.7 Å². The Bertz CT molecular complexity index is 1280. The van der Waals surface area contributed by atoms with E-state index in [1.54, 1.807) is 12.1 Å². The Morgan fingerprint density at radius 1 is 1.06 bits per heavy atom. The molecule has 32 heavy (non-hydrogen) atoms. The first-order valence-corrected chi connectivity index (χ1v) is 10.7. The van der Waals surface area contributed by atoms with Crippen molar-refractivity contribution in [3.63, 3.8) is 0 Å². The lowest BCUT2D eigenvalue weighted by Crippen LogP contribution is -2.16. The van der Waals surface area contributed by atoms with Crippen molar-refractivity contribution in [2.45, 2.75) is 38.9 Å². The lowest BCUT2D eigenvalue weighted by atomic mass is 10.00. The van der Waals surface area contributed by atoms with E-state index >= 15 is 4.39 Å². The van der Waals surface area contributed by atoms with Gasteiger partial charge in [-0.2, -0.15) is 9.49 Å². The van der Waals surface area contributed by atoms with Crippen LogP contribution >= 0.6 is 0 Å². The second kappa shape index (κ2) is 8.26. The van der Waals surface area contributed by atoms with Crippen LogP contribution in [0.4, 0.5) is 8.78 Å². The number of pyridine rings is 1. The molecule has 1 aromatic carbocycles. The molecule has 1 aliphatic carbocycles. The van der Waals surface area contributed by atoms with Gasteiger partial charge >= 0.3 is 0 Å². The van der Waals surface area contributed by atoms with Gasteiger partial charge in [0.1, 0.15) is 0 Å². The number of fused-ring (bicyclic) bond motifs is 1. The maximum Gasteiger partial charge on any atom is 0.233 e. The molecule has 5 rings (SSSR count). The van der Waals surface area contributed by atoms with Gasteiger partial charge in [-0.25, -0.2) is 9.07 Å². The first kappa shape index (κ1) is 20.5. The van der Waals surface area contributed by atoms with Crippen LogP contribution in [0.25, 0.3) is 33.3 Å². The minimum Gasteiger partial charge on any atom is -0.480 e. The number of hydrogen-bond donors (Lipinski definition) is 0. The summed E-state index contributed by atoms with van der Waals surface area (Å²) in [6.45, 7) is 1.87. The van der Waals surface area contributed by atoms with Crippen LogP contribution in [0.2, 0.25) is 0 Å². The number of rotatable bonds is 5. The fourth-order valence-electron chi connectivity index (χ4n) is 4.39. The highest BCUT2D eigenvalue weighted by molar-refractivity contribution is 5.88. The Labute approximate surface area is 184 Å². The second-order valence-corrected chi connectivity index (χ2v) is 8.22. The van der Waals surface area contributed by atoms with E-state index in [0.717, 1.165) is 47.0 Å². The highest BCUT2D eigenvalue weighted by Gasteiger charge is 2.30. The van der Waals surface area contributed by atoms with Crippen molar-refractivity contribution in [1.82, 2.24) is 25.0 Å². The average molecular weight is 435 g/mol. The normalized spacial score (nSPS) is 15.4. The van der Waals surface area contributed by atoms with E-state index < -0.39 is 12.2 Å². The number of hydrogen-bond acceptors (Lipinski definition) is 5. The number of nitrogens with zero attached hydrogens (tertiary/aromatic N) is 5. The molecule has 164 valence electrons. The smallest absolute Gasteiger partial charge is 0.233 e. The van der Waals surface area contributed by atoms with Gasteiger partial charge in [-0.15, -0.1) is 10.2 Å². The third-order valence-electron chi connectivity index (χ3n) is 6.13. The number of benzene rings is 1. The quantitative estimate of drug-likeness (QED) is 0.404. The Morgan fingerprint density at radius 2 is 1.88 bits per heavy atom. The number of methoxy groups -OCH3 is 1. The van der Waals surface area contributed by atoms with Crippen LogP contribution in [0, 0.1) is 18.8 Å². The SMILES string of the molecule is COc1cc2ccc(-c3nc(C)ccc3-c3cnn(C(F)C4CCCC4)c3F)cc2nn1. The fourth-order valence-corrected chi connectivity index (χ4v) is 4.39. The number of aromatic nitrogens is 5. The summed E-state index contributed by atoms with van der Waals surface area (Å²) < 4.78 is 36.3.